The van der Waals surface area contributed by atoms with Crippen molar-refractivity contribution in [1.29, 1.82) is 5.26 Å². The number of nitriles is 1. The second-order valence-electron chi connectivity index (χ2n) is 5.62. The zero-order valence-electron chi connectivity index (χ0n) is 12.8. The average Bonchev–Trinajstić information content (AvgIpc) is 3.02. The van der Waals surface area contributed by atoms with Crippen LogP contribution in [0.5, 0.6) is 0 Å². The maximum Gasteiger partial charge on any atom is 0.222 e. The van der Waals surface area contributed by atoms with Crippen LogP contribution in [-0.2, 0) is 0 Å². The summed E-state index contributed by atoms with van der Waals surface area (Å²) in [6, 6.07) is 5.14. The molecule has 23 heavy (non-hydrogen) atoms. The predicted octanol–water partition coefficient (Wildman–Crippen LogP) is 2.23. The third-order valence-electron chi connectivity index (χ3n) is 4.06. The molecule has 6 nitrogen and oxygen atoms in total. The fourth-order valence-corrected chi connectivity index (χ4v) is 2.92. The Morgan fingerprint density at radius 3 is 2.57 bits per heavy atom. The molecule has 0 bridgehead atoms. The van der Waals surface area contributed by atoms with Gasteiger partial charge in [-0.05, 0) is 37.5 Å². The van der Waals surface area contributed by atoms with E-state index in [1.165, 1.54) is 6.07 Å². The fourth-order valence-electron chi connectivity index (χ4n) is 2.92. The van der Waals surface area contributed by atoms with Crippen LogP contribution in [-0.4, -0.2) is 23.1 Å². The van der Waals surface area contributed by atoms with Gasteiger partial charge in [-0.15, -0.1) is 0 Å². The highest BCUT2D eigenvalue weighted by Crippen LogP contribution is 2.33. The molecule has 2 aromatic rings. The number of nitrogens with zero attached hydrogens (tertiary/aromatic N) is 4. The van der Waals surface area contributed by atoms with Crippen molar-refractivity contribution in [3.8, 4) is 17.3 Å². The van der Waals surface area contributed by atoms with Gasteiger partial charge in [-0.2, -0.15) is 10.2 Å². The first-order valence-corrected chi connectivity index (χ1v) is 7.40. The first kappa shape index (κ1) is 15.0. The number of hydrogen-bond donors (Lipinski definition) is 2. The molecular formula is C16H17FN6. The second kappa shape index (κ2) is 5.72. The lowest BCUT2D eigenvalue weighted by Crippen LogP contribution is -2.19. The summed E-state index contributed by atoms with van der Waals surface area (Å²) in [5, 5.41) is 9.29. The first-order valence-electron chi connectivity index (χ1n) is 7.40. The van der Waals surface area contributed by atoms with Gasteiger partial charge in [0.1, 0.15) is 23.3 Å². The van der Waals surface area contributed by atoms with Gasteiger partial charge in [0.15, 0.2) is 0 Å². The van der Waals surface area contributed by atoms with Crippen LogP contribution in [0.4, 0.5) is 21.8 Å². The zero-order valence-corrected chi connectivity index (χ0v) is 12.8. The summed E-state index contributed by atoms with van der Waals surface area (Å²) in [5.41, 5.74) is 13.6. The number of aromatic nitrogens is 2. The molecule has 1 saturated heterocycles. The highest BCUT2D eigenvalue weighted by molar-refractivity contribution is 5.77. The van der Waals surface area contributed by atoms with E-state index in [4.69, 9.17) is 11.5 Å². The Kier molecular flexibility index (Phi) is 3.74. The molecule has 118 valence electrons. The molecule has 1 aliphatic rings. The summed E-state index contributed by atoms with van der Waals surface area (Å²) in [4.78, 5) is 9.90. The van der Waals surface area contributed by atoms with Crippen LogP contribution in [0.15, 0.2) is 12.1 Å². The molecule has 0 saturated carbocycles. The van der Waals surface area contributed by atoms with Crippen molar-refractivity contribution in [2.24, 2.45) is 0 Å². The fraction of sp³-hybridized carbons (Fsp3) is 0.312. The largest absolute Gasteiger partial charge is 0.382 e. The van der Waals surface area contributed by atoms with Gasteiger partial charge in [0.2, 0.25) is 5.95 Å². The molecule has 1 aromatic carbocycles. The van der Waals surface area contributed by atoms with E-state index in [0.717, 1.165) is 31.5 Å². The van der Waals surface area contributed by atoms with Crippen LogP contribution in [0, 0.1) is 24.1 Å². The molecule has 7 heteroatoms. The summed E-state index contributed by atoms with van der Waals surface area (Å²) in [6.45, 7) is 3.56. The topological polar surface area (TPSA) is 105 Å². The van der Waals surface area contributed by atoms with Gasteiger partial charge in [-0.25, -0.2) is 9.37 Å². The van der Waals surface area contributed by atoms with E-state index in [0.29, 0.717) is 11.3 Å². The van der Waals surface area contributed by atoms with E-state index in [2.05, 4.69) is 9.97 Å². The standard InChI is InChI=1S/C16H17FN6/c1-9-6-13(23-4-2-3-5-23)12(17)7-10(9)14-11(8-18)15(19)22-16(20)21-14/h6-7H,2-5H2,1H3,(H4,19,20,21,22). The van der Waals surface area contributed by atoms with Gasteiger partial charge in [-0.3, -0.25) is 0 Å². The Balaban J connectivity index is 2.15. The molecule has 4 N–H and O–H groups in total. The molecule has 3 rings (SSSR count). The number of anilines is 3. The summed E-state index contributed by atoms with van der Waals surface area (Å²) in [5.74, 6) is -0.384. The Hall–Kier alpha value is -2.88. The van der Waals surface area contributed by atoms with Gasteiger partial charge in [0.25, 0.3) is 0 Å². The van der Waals surface area contributed by atoms with E-state index in [1.807, 2.05) is 17.9 Å². The highest BCUT2D eigenvalue weighted by atomic mass is 19.1. The van der Waals surface area contributed by atoms with Gasteiger partial charge in [0.05, 0.1) is 11.4 Å². The Morgan fingerprint density at radius 2 is 1.91 bits per heavy atom. The molecule has 0 unspecified atom stereocenters. The van der Waals surface area contributed by atoms with Crippen molar-refractivity contribution in [3.63, 3.8) is 0 Å². The number of nitrogens with two attached hydrogens (primary N) is 2. The normalized spacial score (nSPS) is 14.0. The van der Waals surface area contributed by atoms with Crippen LogP contribution < -0.4 is 16.4 Å². The van der Waals surface area contributed by atoms with Gasteiger partial charge < -0.3 is 16.4 Å². The van der Waals surface area contributed by atoms with Crippen molar-refractivity contribution >= 4 is 17.5 Å². The van der Waals surface area contributed by atoms with E-state index in [1.54, 1.807) is 6.07 Å². The van der Waals surface area contributed by atoms with Crippen LogP contribution in [0.3, 0.4) is 0 Å². The van der Waals surface area contributed by atoms with Crippen LogP contribution in [0.25, 0.3) is 11.3 Å². The second-order valence-corrected chi connectivity index (χ2v) is 5.62. The minimum atomic E-state index is -0.341. The van der Waals surface area contributed by atoms with Crippen molar-refractivity contribution in [2.75, 3.05) is 29.5 Å². The third-order valence-corrected chi connectivity index (χ3v) is 4.06. The molecule has 0 spiro atoms. The number of aryl methyl sites for hydroxylation is 1. The monoisotopic (exact) mass is 312 g/mol. The highest BCUT2D eigenvalue weighted by Gasteiger charge is 2.21. The maximum atomic E-state index is 14.6. The smallest absolute Gasteiger partial charge is 0.222 e. The quantitative estimate of drug-likeness (QED) is 0.881. The van der Waals surface area contributed by atoms with Crippen LogP contribution >= 0.6 is 0 Å². The molecule has 0 amide bonds. The number of hydrogen-bond acceptors (Lipinski definition) is 6. The van der Waals surface area contributed by atoms with Gasteiger partial charge in [0, 0.05) is 18.7 Å². The van der Waals surface area contributed by atoms with Crippen LogP contribution in [0.2, 0.25) is 0 Å². The zero-order chi connectivity index (χ0) is 16.6. The molecule has 1 fully saturated rings. The lowest BCUT2D eigenvalue weighted by molar-refractivity contribution is 0.623. The Bertz CT molecular complexity index is 805. The minimum Gasteiger partial charge on any atom is -0.382 e. The lowest BCUT2D eigenvalue weighted by Gasteiger charge is -2.20. The lowest BCUT2D eigenvalue weighted by atomic mass is 10.0. The number of rotatable bonds is 2. The van der Waals surface area contributed by atoms with Crippen molar-refractivity contribution in [2.45, 2.75) is 19.8 Å². The molecule has 0 aliphatic carbocycles. The van der Waals surface area contributed by atoms with E-state index in [-0.39, 0.29) is 28.8 Å². The predicted molar refractivity (Wildman–Crippen MR) is 87.1 cm³/mol. The van der Waals surface area contributed by atoms with E-state index in [9.17, 15) is 9.65 Å². The van der Waals surface area contributed by atoms with Gasteiger partial charge >= 0.3 is 0 Å². The number of halogens is 1. The third kappa shape index (κ3) is 2.63. The van der Waals surface area contributed by atoms with Crippen LogP contribution in [0.1, 0.15) is 24.0 Å². The molecule has 0 atom stereocenters. The first-order chi connectivity index (χ1) is 11.0. The Morgan fingerprint density at radius 1 is 1.22 bits per heavy atom. The minimum absolute atomic E-state index is 0.00146. The average molecular weight is 312 g/mol. The van der Waals surface area contributed by atoms with E-state index >= 15 is 0 Å². The number of benzene rings is 1. The Labute approximate surface area is 133 Å². The molecule has 1 aromatic heterocycles. The van der Waals surface area contributed by atoms with E-state index < -0.39 is 0 Å². The summed E-state index contributed by atoms with van der Waals surface area (Å²) in [7, 11) is 0. The van der Waals surface area contributed by atoms with Crippen molar-refractivity contribution in [1.82, 2.24) is 9.97 Å². The SMILES string of the molecule is Cc1cc(N2CCCC2)c(F)cc1-c1nc(N)nc(N)c1C#N. The molecule has 1 aliphatic heterocycles. The number of nitrogen functional groups attached to an aromatic ring is 2. The molecular weight excluding hydrogens is 295 g/mol. The van der Waals surface area contributed by atoms with Gasteiger partial charge in [-0.1, -0.05) is 0 Å². The summed E-state index contributed by atoms with van der Waals surface area (Å²) >= 11 is 0. The molecule has 0 radical (unpaired) electrons. The molecule has 2 heterocycles. The maximum absolute atomic E-state index is 14.6. The van der Waals surface area contributed by atoms with Crippen molar-refractivity contribution in [3.05, 3.63) is 29.1 Å². The summed E-state index contributed by atoms with van der Waals surface area (Å²) in [6.07, 6.45) is 2.13. The van der Waals surface area contributed by atoms with Crippen molar-refractivity contribution < 1.29 is 4.39 Å². The summed E-state index contributed by atoms with van der Waals surface area (Å²) < 4.78 is 14.6.